The van der Waals surface area contributed by atoms with Crippen molar-refractivity contribution in [3.05, 3.63) is 60.4 Å². The first kappa shape index (κ1) is 16.8. The summed E-state index contributed by atoms with van der Waals surface area (Å²) < 4.78 is 5.55. The van der Waals surface area contributed by atoms with Crippen LogP contribution in [0.1, 0.15) is 36.7 Å². The maximum Gasteiger partial charge on any atom is 0.291 e. The van der Waals surface area contributed by atoms with Crippen LogP contribution in [0.4, 0.5) is 11.4 Å². The quantitative estimate of drug-likeness (QED) is 0.678. The summed E-state index contributed by atoms with van der Waals surface area (Å²) >= 11 is 0. The number of carbonyl (C=O) groups excluding carboxylic acids is 2. The predicted molar refractivity (Wildman–Crippen MR) is 98.8 cm³/mol. The number of amides is 2. The van der Waals surface area contributed by atoms with E-state index >= 15 is 0 Å². The lowest BCUT2D eigenvalue weighted by atomic mass is 10.2. The molecule has 128 valence electrons. The number of anilines is 2. The molecule has 0 spiro atoms. The fraction of sp³-hybridized carbons (Fsp3) is 0.200. The van der Waals surface area contributed by atoms with Crippen LogP contribution in [0.2, 0.25) is 0 Å². The predicted octanol–water partition coefficient (Wildman–Crippen LogP) is 4.81. The van der Waals surface area contributed by atoms with Crippen molar-refractivity contribution in [3.8, 4) is 0 Å². The maximum atomic E-state index is 12.3. The first-order valence-corrected chi connectivity index (χ1v) is 8.35. The fourth-order valence-electron chi connectivity index (χ4n) is 2.48. The standard InChI is InChI=1S/C20H20N2O3/c1-2-3-8-19(23)21-15-9-11-16(12-10-15)22-20(24)18-13-14-6-4-5-7-17(14)25-18/h4-7,9-13H,2-3,8H2,1H3,(H,21,23)(H,22,24). The van der Waals surface area contributed by atoms with Gasteiger partial charge in [-0.2, -0.15) is 0 Å². The number of fused-ring (bicyclic) bond motifs is 1. The zero-order valence-electron chi connectivity index (χ0n) is 14.0. The lowest BCUT2D eigenvalue weighted by Crippen LogP contribution is -2.12. The molecular formula is C20H20N2O3. The molecule has 1 aromatic heterocycles. The number of hydrogen-bond acceptors (Lipinski definition) is 3. The van der Waals surface area contributed by atoms with Gasteiger partial charge in [0, 0.05) is 23.2 Å². The summed E-state index contributed by atoms with van der Waals surface area (Å²) in [4.78, 5) is 24.0. The van der Waals surface area contributed by atoms with E-state index in [1.54, 1.807) is 30.3 Å². The second-order valence-electron chi connectivity index (χ2n) is 5.83. The van der Waals surface area contributed by atoms with Gasteiger partial charge in [0.15, 0.2) is 5.76 Å². The Morgan fingerprint density at radius 3 is 2.32 bits per heavy atom. The number of para-hydroxylation sites is 1. The minimum Gasteiger partial charge on any atom is -0.451 e. The van der Waals surface area contributed by atoms with Crippen molar-refractivity contribution in [2.24, 2.45) is 0 Å². The molecule has 0 aliphatic carbocycles. The van der Waals surface area contributed by atoms with Gasteiger partial charge in [-0.1, -0.05) is 31.5 Å². The topological polar surface area (TPSA) is 71.3 Å². The monoisotopic (exact) mass is 336 g/mol. The Balaban J connectivity index is 1.62. The first-order valence-electron chi connectivity index (χ1n) is 8.35. The maximum absolute atomic E-state index is 12.3. The summed E-state index contributed by atoms with van der Waals surface area (Å²) in [7, 11) is 0. The number of furan rings is 1. The molecule has 3 aromatic rings. The third-order valence-electron chi connectivity index (χ3n) is 3.83. The first-order chi connectivity index (χ1) is 12.2. The molecule has 3 rings (SSSR count). The number of hydrogen-bond donors (Lipinski definition) is 2. The van der Waals surface area contributed by atoms with E-state index in [0.717, 1.165) is 18.2 Å². The van der Waals surface area contributed by atoms with E-state index in [1.807, 2.05) is 31.2 Å². The minimum atomic E-state index is -0.309. The van der Waals surface area contributed by atoms with E-state index in [4.69, 9.17) is 4.42 Å². The van der Waals surface area contributed by atoms with Crippen LogP contribution < -0.4 is 10.6 Å². The van der Waals surface area contributed by atoms with Gasteiger partial charge >= 0.3 is 0 Å². The minimum absolute atomic E-state index is 0.000844. The highest BCUT2D eigenvalue weighted by Gasteiger charge is 2.12. The van der Waals surface area contributed by atoms with Gasteiger partial charge in [0.05, 0.1) is 0 Å². The smallest absolute Gasteiger partial charge is 0.291 e. The Bertz CT molecular complexity index is 848. The zero-order chi connectivity index (χ0) is 17.6. The molecule has 0 aliphatic rings. The summed E-state index contributed by atoms with van der Waals surface area (Å²) in [6.45, 7) is 2.05. The molecule has 5 nitrogen and oxygen atoms in total. The number of rotatable bonds is 6. The number of nitrogens with one attached hydrogen (secondary N) is 2. The van der Waals surface area contributed by atoms with Crippen molar-refractivity contribution < 1.29 is 14.0 Å². The van der Waals surface area contributed by atoms with E-state index in [1.165, 1.54) is 0 Å². The second-order valence-corrected chi connectivity index (χ2v) is 5.83. The van der Waals surface area contributed by atoms with Crippen LogP contribution in [0.5, 0.6) is 0 Å². The third kappa shape index (κ3) is 4.26. The van der Waals surface area contributed by atoms with Gasteiger partial charge in [-0.25, -0.2) is 0 Å². The van der Waals surface area contributed by atoms with Crippen LogP contribution in [-0.2, 0) is 4.79 Å². The highest BCUT2D eigenvalue weighted by Crippen LogP contribution is 2.20. The Kier molecular flexibility index (Phi) is 5.14. The van der Waals surface area contributed by atoms with Crippen molar-refractivity contribution in [3.63, 3.8) is 0 Å². The number of carbonyl (C=O) groups is 2. The van der Waals surface area contributed by atoms with Crippen LogP contribution in [0.25, 0.3) is 11.0 Å². The molecule has 0 saturated heterocycles. The van der Waals surface area contributed by atoms with Crippen LogP contribution >= 0.6 is 0 Å². The third-order valence-corrected chi connectivity index (χ3v) is 3.83. The van der Waals surface area contributed by atoms with Crippen molar-refractivity contribution in [2.45, 2.75) is 26.2 Å². The van der Waals surface area contributed by atoms with Crippen LogP contribution in [0.15, 0.2) is 59.0 Å². The Labute approximate surface area is 146 Å². The van der Waals surface area contributed by atoms with Gasteiger partial charge in [-0.3, -0.25) is 9.59 Å². The van der Waals surface area contributed by atoms with E-state index in [2.05, 4.69) is 10.6 Å². The van der Waals surface area contributed by atoms with E-state index in [0.29, 0.717) is 23.4 Å². The van der Waals surface area contributed by atoms with Gasteiger partial charge < -0.3 is 15.1 Å². The molecule has 0 bridgehead atoms. The molecule has 0 radical (unpaired) electrons. The summed E-state index contributed by atoms with van der Waals surface area (Å²) in [6.07, 6.45) is 2.37. The molecule has 5 heteroatoms. The molecule has 2 N–H and O–H groups in total. The van der Waals surface area contributed by atoms with Crippen molar-refractivity contribution in [1.29, 1.82) is 0 Å². The van der Waals surface area contributed by atoms with Gasteiger partial charge in [0.25, 0.3) is 5.91 Å². The Hall–Kier alpha value is -3.08. The summed E-state index contributed by atoms with van der Waals surface area (Å²) in [5.74, 6) is -0.0463. The van der Waals surface area contributed by atoms with Gasteiger partial charge in [0.2, 0.25) is 5.91 Å². The van der Waals surface area contributed by atoms with Gasteiger partial charge in [-0.15, -0.1) is 0 Å². The lowest BCUT2D eigenvalue weighted by molar-refractivity contribution is -0.116. The van der Waals surface area contributed by atoms with Crippen LogP contribution in [0, 0.1) is 0 Å². The average molecular weight is 336 g/mol. The molecule has 0 atom stereocenters. The number of unbranched alkanes of at least 4 members (excludes halogenated alkanes) is 1. The Morgan fingerprint density at radius 2 is 1.64 bits per heavy atom. The van der Waals surface area contributed by atoms with E-state index in [-0.39, 0.29) is 17.6 Å². The summed E-state index contributed by atoms with van der Waals surface area (Å²) in [5, 5.41) is 6.51. The highest BCUT2D eigenvalue weighted by molar-refractivity contribution is 6.04. The van der Waals surface area contributed by atoms with Crippen molar-refractivity contribution in [1.82, 2.24) is 0 Å². The molecule has 0 saturated carbocycles. The largest absolute Gasteiger partial charge is 0.451 e. The molecule has 2 amide bonds. The van der Waals surface area contributed by atoms with Crippen LogP contribution in [0.3, 0.4) is 0 Å². The SMILES string of the molecule is CCCCC(=O)Nc1ccc(NC(=O)c2cc3ccccc3o2)cc1. The summed E-state index contributed by atoms with van der Waals surface area (Å²) in [6, 6.07) is 16.2. The van der Waals surface area contributed by atoms with E-state index in [9.17, 15) is 9.59 Å². The average Bonchev–Trinajstić information content (AvgIpc) is 3.06. The molecule has 25 heavy (non-hydrogen) atoms. The van der Waals surface area contributed by atoms with E-state index < -0.39 is 0 Å². The molecule has 0 fully saturated rings. The molecule has 0 unspecified atom stereocenters. The second kappa shape index (κ2) is 7.66. The molecule has 0 aliphatic heterocycles. The molecule has 1 heterocycles. The molecular weight excluding hydrogens is 316 g/mol. The van der Waals surface area contributed by atoms with Gasteiger partial charge in [0.1, 0.15) is 5.58 Å². The summed E-state index contributed by atoms with van der Waals surface area (Å²) in [5.41, 5.74) is 2.03. The normalized spacial score (nSPS) is 10.6. The molecule has 2 aromatic carbocycles. The highest BCUT2D eigenvalue weighted by atomic mass is 16.3. The number of benzene rings is 2. The van der Waals surface area contributed by atoms with Crippen LogP contribution in [-0.4, -0.2) is 11.8 Å². The van der Waals surface area contributed by atoms with Crippen molar-refractivity contribution in [2.75, 3.05) is 10.6 Å². The Morgan fingerprint density at radius 1 is 0.960 bits per heavy atom. The van der Waals surface area contributed by atoms with Crippen molar-refractivity contribution >= 4 is 34.2 Å². The van der Waals surface area contributed by atoms with Gasteiger partial charge in [-0.05, 0) is 42.8 Å². The lowest BCUT2D eigenvalue weighted by Gasteiger charge is -2.07. The fourth-order valence-corrected chi connectivity index (χ4v) is 2.48. The zero-order valence-corrected chi connectivity index (χ0v) is 14.0.